The summed E-state index contributed by atoms with van der Waals surface area (Å²) in [6.07, 6.45) is 1.16. The van der Waals surface area contributed by atoms with E-state index in [0.717, 1.165) is 0 Å². The number of ether oxygens (including phenoxy) is 1. The molecule has 2 aliphatic rings. The number of carbonyl (C=O) groups excluding carboxylic acids is 3. The maximum Gasteiger partial charge on any atom is 0.407 e. The van der Waals surface area contributed by atoms with Gasteiger partial charge in [-0.05, 0) is 61.6 Å². The van der Waals surface area contributed by atoms with Crippen LogP contribution in [0.4, 0.5) is 4.79 Å². The number of rotatable bonds is 9. The van der Waals surface area contributed by atoms with Crippen molar-refractivity contribution in [1.29, 1.82) is 0 Å². The first-order valence-corrected chi connectivity index (χ1v) is 17.9. The number of benzene rings is 2. The summed E-state index contributed by atoms with van der Waals surface area (Å²) in [5, 5.41) is 34.6. The van der Waals surface area contributed by atoms with Gasteiger partial charge in [0.25, 0.3) is 5.91 Å². The van der Waals surface area contributed by atoms with Crippen molar-refractivity contribution in [2.75, 3.05) is 39.8 Å². The molecule has 1 aromatic heterocycles. The number of likely N-dealkylation sites (tertiary alicyclic amines) is 1. The van der Waals surface area contributed by atoms with Gasteiger partial charge in [-0.15, -0.1) is 10.2 Å². The zero-order chi connectivity index (χ0) is 35.5. The average Bonchev–Trinajstić information content (AvgIpc) is 3.53. The van der Waals surface area contributed by atoms with Crippen LogP contribution in [0.5, 0.6) is 11.5 Å². The molecule has 0 unspecified atom stereocenters. The topological polar surface area (TPSA) is 196 Å². The van der Waals surface area contributed by atoms with Crippen molar-refractivity contribution in [2.24, 2.45) is 5.92 Å². The Morgan fingerprint density at radius 3 is 2.20 bits per heavy atom. The molecule has 5 rings (SSSR count). The molecule has 0 spiro atoms. The summed E-state index contributed by atoms with van der Waals surface area (Å²) in [5.41, 5.74) is 1.18. The molecule has 15 nitrogen and oxygen atoms in total. The lowest BCUT2D eigenvalue weighted by Crippen LogP contribution is -2.47. The van der Waals surface area contributed by atoms with Crippen LogP contribution in [0.25, 0.3) is 17.1 Å². The van der Waals surface area contributed by atoms with E-state index in [4.69, 9.17) is 4.74 Å². The van der Waals surface area contributed by atoms with Crippen molar-refractivity contribution in [3.8, 4) is 28.6 Å². The Labute approximate surface area is 285 Å². The maximum atomic E-state index is 13.7. The molecule has 264 valence electrons. The van der Waals surface area contributed by atoms with E-state index in [1.807, 2.05) is 13.8 Å². The number of hydrogen-bond acceptors (Lipinski definition) is 10. The highest BCUT2D eigenvalue weighted by Crippen LogP contribution is 2.38. The number of nitrogens with zero attached hydrogens (tertiary/aromatic N) is 5. The number of phenolic OH excluding ortho intramolecular Hbond substituents is 2. The Bertz CT molecular complexity index is 1790. The fourth-order valence-electron chi connectivity index (χ4n) is 6.25. The molecule has 2 aromatic carbocycles. The fraction of sp³-hybridized carbons (Fsp3) is 0.485. The predicted octanol–water partition coefficient (Wildman–Crippen LogP) is 2.97. The van der Waals surface area contributed by atoms with E-state index in [2.05, 4.69) is 20.8 Å². The molecule has 3 heterocycles. The molecule has 4 N–H and O–H groups in total. The first-order chi connectivity index (χ1) is 23.3. The van der Waals surface area contributed by atoms with E-state index < -0.39 is 22.0 Å². The van der Waals surface area contributed by atoms with Crippen molar-refractivity contribution in [1.82, 2.24) is 34.6 Å². The Kier molecular flexibility index (Phi) is 10.8. The summed E-state index contributed by atoms with van der Waals surface area (Å²) >= 11 is 0. The maximum absolute atomic E-state index is 13.7. The lowest BCUT2D eigenvalue weighted by Gasteiger charge is -2.36. The third kappa shape index (κ3) is 7.49. The van der Waals surface area contributed by atoms with Crippen molar-refractivity contribution < 1.29 is 37.8 Å². The number of nitrogens with one attached hydrogen (secondary N) is 2. The molecule has 3 aromatic rings. The van der Waals surface area contributed by atoms with Crippen LogP contribution >= 0.6 is 0 Å². The van der Waals surface area contributed by atoms with E-state index in [9.17, 15) is 33.0 Å². The van der Waals surface area contributed by atoms with Crippen LogP contribution in [0, 0.1) is 5.92 Å². The van der Waals surface area contributed by atoms with E-state index in [1.54, 1.807) is 17.9 Å². The SMILES string of the molecule is CCNC(=O)c1nnc(-c2cc(C(C)C)c(O)cc2O)n1-c1ccc(S(=O)(=O)N2CCC(C(=O)N3CCC(OC(=O)NC)CC3)CC2)cc1. The fourth-order valence-corrected chi connectivity index (χ4v) is 7.72. The van der Waals surface area contributed by atoms with Crippen molar-refractivity contribution in [2.45, 2.75) is 63.4 Å². The molecule has 0 bridgehead atoms. The molecule has 0 aliphatic carbocycles. The molecule has 2 aliphatic heterocycles. The van der Waals surface area contributed by atoms with Crippen LogP contribution in [0.2, 0.25) is 0 Å². The van der Waals surface area contributed by atoms with Gasteiger partial charge in [0.2, 0.25) is 21.8 Å². The number of aromatic hydroxyl groups is 2. The smallest absolute Gasteiger partial charge is 0.407 e. The second-order valence-corrected chi connectivity index (χ2v) is 14.4. The van der Waals surface area contributed by atoms with Gasteiger partial charge < -0.3 is 30.5 Å². The van der Waals surface area contributed by atoms with Crippen LogP contribution in [0.3, 0.4) is 0 Å². The molecule has 0 saturated carbocycles. The van der Waals surface area contributed by atoms with Crippen LogP contribution in [-0.4, -0.2) is 106 Å². The zero-order valence-corrected chi connectivity index (χ0v) is 28.9. The highest BCUT2D eigenvalue weighted by Gasteiger charge is 2.35. The van der Waals surface area contributed by atoms with Crippen LogP contribution in [0.15, 0.2) is 41.3 Å². The van der Waals surface area contributed by atoms with Gasteiger partial charge in [-0.1, -0.05) is 13.8 Å². The van der Waals surface area contributed by atoms with E-state index in [1.165, 1.54) is 46.3 Å². The number of amides is 3. The summed E-state index contributed by atoms with van der Waals surface area (Å²) in [6, 6.07) is 8.76. The van der Waals surface area contributed by atoms with Gasteiger partial charge >= 0.3 is 6.09 Å². The van der Waals surface area contributed by atoms with Gasteiger partial charge in [0.1, 0.15) is 17.6 Å². The number of piperidine rings is 2. The number of aromatic nitrogens is 3. The normalized spacial score (nSPS) is 16.5. The number of alkyl carbamates (subject to hydrolysis) is 1. The quantitative estimate of drug-likeness (QED) is 0.258. The zero-order valence-electron chi connectivity index (χ0n) is 28.0. The summed E-state index contributed by atoms with van der Waals surface area (Å²) in [7, 11) is -2.40. The highest BCUT2D eigenvalue weighted by molar-refractivity contribution is 7.89. The van der Waals surface area contributed by atoms with Crippen molar-refractivity contribution in [3.63, 3.8) is 0 Å². The van der Waals surface area contributed by atoms with Gasteiger partial charge in [-0.3, -0.25) is 14.2 Å². The molecular weight excluding hydrogens is 654 g/mol. The molecule has 3 amide bonds. The Morgan fingerprint density at radius 2 is 1.61 bits per heavy atom. The molecule has 2 saturated heterocycles. The second kappa shape index (κ2) is 14.8. The first-order valence-electron chi connectivity index (χ1n) is 16.4. The third-order valence-corrected chi connectivity index (χ3v) is 10.9. The molecule has 0 atom stereocenters. The number of phenols is 2. The van der Waals surface area contributed by atoms with Gasteiger partial charge in [-0.2, -0.15) is 4.31 Å². The lowest BCUT2D eigenvalue weighted by molar-refractivity contribution is -0.138. The lowest BCUT2D eigenvalue weighted by atomic mass is 9.95. The minimum Gasteiger partial charge on any atom is -0.508 e. The molecule has 2 fully saturated rings. The highest BCUT2D eigenvalue weighted by atomic mass is 32.2. The monoisotopic (exact) mass is 697 g/mol. The summed E-state index contributed by atoms with van der Waals surface area (Å²) in [4.78, 5) is 39.5. The molecule has 0 radical (unpaired) electrons. The van der Waals surface area contributed by atoms with Crippen LogP contribution in [-0.2, 0) is 19.6 Å². The van der Waals surface area contributed by atoms with Crippen molar-refractivity contribution >= 4 is 27.9 Å². The standard InChI is InChI=1S/C33H43N7O8S/c1-5-35-31(43)30-37-36-29(26-18-25(20(2)3)27(41)19-28(26)42)40(30)22-6-8-24(9-7-22)49(46,47)39-16-10-21(11-17-39)32(44)38-14-12-23(13-15-38)48-33(45)34-4/h6-9,18-21,23,41-42H,5,10-17H2,1-4H3,(H,34,45)(H,35,43). The Balaban J connectivity index is 1.32. The average molecular weight is 698 g/mol. The minimum atomic E-state index is -3.90. The van der Waals surface area contributed by atoms with E-state index in [-0.39, 0.29) is 70.5 Å². The number of hydrogen-bond donors (Lipinski definition) is 4. The van der Waals surface area contributed by atoms with E-state index >= 15 is 0 Å². The first kappa shape index (κ1) is 35.6. The van der Waals surface area contributed by atoms with Gasteiger partial charge in [-0.25, -0.2) is 13.2 Å². The van der Waals surface area contributed by atoms with Crippen LogP contribution < -0.4 is 10.6 Å². The summed E-state index contributed by atoms with van der Waals surface area (Å²) < 4.78 is 35.5. The number of carbonyl (C=O) groups is 3. The third-order valence-electron chi connectivity index (χ3n) is 8.98. The Morgan fingerprint density at radius 1 is 0.959 bits per heavy atom. The predicted molar refractivity (Wildman–Crippen MR) is 179 cm³/mol. The largest absolute Gasteiger partial charge is 0.508 e. The van der Waals surface area contributed by atoms with Gasteiger partial charge in [0, 0.05) is 70.3 Å². The molecule has 49 heavy (non-hydrogen) atoms. The van der Waals surface area contributed by atoms with Crippen LogP contribution in [0.1, 0.15) is 68.6 Å². The number of sulfonamides is 1. The van der Waals surface area contributed by atoms with Gasteiger partial charge in [0.15, 0.2) is 5.82 Å². The second-order valence-electron chi connectivity index (χ2n) is 12.5. The molecule has 16 heteroatoms. The summed E-state index contributed by atoms with van der Waals surface area (Å²) in [6.45, 7) is 7.19. The van der Waals surface area contributed by atoms with Crippen molar-refractivity contribution in [3.05, 3.63) is 47.8 Å². The Hall–Kier alpha value is -4.70. The van der Waals surface area contributed by atoms with E-state index in [0.29, 0.717) is 56.6 Å². The van der Waals surface area contributed by atoms with Gasteiger partial charge in [0.05, 0.1) is 10.5 Å². The molecular formula is C33H43N7O8S. The summed E-state index contributed by atoms with van der Waals surface area (Å²) in [5.74, 6) is -1.18. The minimum absolute atomic E-state index is 0.00682.